The maximum Gasteiger partial charge on any atom is 0.406 e. The zero-order valence-corrected chi connectivity index (χ0v) is 12.8. The Hall–Kier alpha value is -2.56. The number of halogens is 3. The number of alkyl halides is 3. The second-order valence-corrected chi connectivity index (χ2v) is 5.59. The van der Waals surface area contributed by atoms with Gasteiger partial charge in [0.1, 0.15) is 6.54 Å². The minimum absolute atomic E-state index is 0.202. The molecule has 0 saturated heterocycles. The lowest BCUT2D eigenvalue weighted by Gasteiger charge is -2.24. The van der Waals surface area contributed by atoms with Crippen molar-refractivity contribution in [2.75, 3.05) is 13.7 Å². The molecule has 5 nitrogen and oxygen atoms in total. The summed E-state index contributed by atoms with van der Waals surface area (Å²) in [6.07, 6.45) is -4.34. The first-order chi connectivity index (χ1) is 11.2. The number of esters is 1. The topological polar surface area (TPSA) is 70.4 Å². The summed E-state index contributed by atoms with van der Waals surface area (Å²) in [6, 6.07) is 7.85. The maximum absolute atomic E-state index is 12.8. The average Bonchev–Trinajstić information content (AvgIpc) is 3.33. The van der Waals surface area contributed by atoms with E-state index >= 15 is 0 Å². The molecule has 1 aromatic carbocycles. The van der Waals surface area contributed by atoms with Crippen LogP contribution in [0, 0.1) is 23.2 Å². The van der Waals surface area contributed by atoms with E-state index in [4.69, 9.17) is 5.26 Å². The Labute approximate surface area is 136 Å². The van der Waals surface area contributed by atoms with Gasteiger partial charge in [0.2, 0.25) is 5.91 Å². The Morgan fingerprint density at radius 2 is 1.92 bits per heavy atom. The van der Waals surface area contributed by atoms with E-state index in [1.54, 1.807) is 0 Å². The molecule has 0 aliphatic heterocycles. The summed E-state index contributed by atoms with van der Waals surface area (Å²) in [5.74, 6) is -2.73. The van der Waals surface area contributed by atoms with Crippen molar-refractivity contribution in [2.45, 2.75) is 19.1 Å². The van der Waals surface area contributed by atoms with Gasteiger partial charge in [-0.1, -0.05) is 12.1 Å². The van der Waals surface area contributed by atoms with Gasteiger partial charge < -0.3 is 9.64 Å². The molecular weight excluding hydrogens is 325 g/mol. The standard InChI is InChI=1S/C16H15F3N2O3/c1-24-15(23)13-6-12(13)14(22)21(9-16(17,18)19)8-11-4-2-10(7-20)3-5-11/h2-5,12-13H,6,8-9H2,1H3/t12-,13+/m1/s1. The maximum atomic E-state index is 12.8. The van der Waals surface area contributed by atoms with E-state index in [0.29, 0.717) is 16.0 Å². The van der Waals surface area contributed by atoms with Crippen molar-refractivity contribution in [3.8, 4) is 6.07 Å². The second-order valence-electron chi connectivity index (χ2n) is 5.59. The molecule has 2 rings (SSSR count). The lowest BCUT2D eigenvalue weighted by molar-refractivity contribution is -0.164. The summed E-state index contributed by atoms with van der Waals surface area (Å²) in [5.41, 5.74) is 0.849. The normalized spacial score (nSPS) is 19.3. The average molecular weight is 340 g/mol. The number of carbonyl (C=O) groups is 2. The fraction of sp³-hybridized carbons (Fsp3) is 0.438. The molecule has 1 amide bonds. The Morgan fingerprint density at radius 3 is 2.42 bits per heavy atom. The molecule has 0 bridgehead atoms. The van der Waals surface area contributed by atoms with Gasteiger partial charge in [-0.05, 0) is 24.1 Å². The lowest BCUT2D eigenvalue weighted by Crippen LogP contribution is -2.39. The van der Waals surface area contributed by atoms with Crippen LogP contribution in [-0.2, 0) is 20.9 Å². The van der Waals surface area contributed by atoms with Crippen molar-refractivity contribution in [3.63, 3.8) is 0 Å². The van der Waals surface area contributed by atoms with Crippen LogP contribution in [0.15, 0.2) is 24.3 Å². The third kappa shape index (κ3) is 4.47. The van der Waals surface area contributed by atoms with Gasteiger partial charge in [-0.2, -0.15) is 18.4 Å². The van der Waals surface area contributed by atoms with Crippen molar-refractivity contribution in [2.24, 2.45) is 11.8 Å². The molecule has 1 aliphatic rings. The number of methoxy groups -OCH3 is 1. The Kier molecular flexibility index (Phi) is 5.12. The highest BCUT2D eigenvalue weighted by molar-refractivity contribution is 5.90. The van der Waals surface area contributed by atoms with Crippen molar-refractivity contribution in [1.29, 1.82) is 5.26 Å². The number of nitrogens with zero attached hydrogens (tertiary/aromatic N) is 2. The van der Waals surface area contributed by atoms with E-state index in [2.05, 4.69) is 4.74 Å². The minimum atomic E-state index is -4.54. The summed E-state index contributed by atoms with van der Waals surface area (Å²) in [5, 5.41) is 8.73. The minimum Gasteiger partial charge on any atom is -0.469 e. The van der Waals surface area contributed by atoms with Gasteiger partial charge in [-0.3, -0.25) is 9.59 Å². The zero-order chi connectivity index (χ0) is 17.9. The van der Waals surface area contributed by atoms with Crippen molar-refractivity contribution in [1.82, 2.24) is 4.90 Å². The fourth-order valence-electron chi connectivity index (χ4n) is 2.45. The van der Waals surface area contributed by atoms with Crippen LogP contribution in [0.25, 0.3) is 0 Å². The summed E-state index contributed by atoms with van der Waals surface area (Å²) < 4.78 is 42.8. The molecule has 2 atom stereocenters. The van der Waals surface area contributed by atoms with Crippen LogP contribution >= 0.6 is 0 Å². The van der Waals surface area contributed by atoms with Gasteiger partial charge in [0.05, 0.1) is 30.6 Å². The molecule has 0 radical (unpaired) electrons. The number of benzene rings is 1. The molecule has 8 heteroatoms. The summed E-state index contributed by atoms with van der Waals surface area (Å²) in [7, 11) is 1.17. The molecular formula is C16H15F3N2O3. The number of nitriles is 1. The number of amides is 1. The van der Waals surface area contributed by atoms with Gasteiger partial charge in [-0.15, -0.1) is 0 Å². The molecule has 1 aliphatic carbocycles. The van der Waals surface area contributed by atoms with Crippen LogP contribution in [0.3, 0.4) is 0 Å². The van der Waals surface area contributed by atoms with Crippen LogP contribution in [0.4, 0.5) is 13.2 Å². The van der Waals surface area contributed by atoms with Crippen molar-refractivity contribution < 1.29 is 27.5 Å². The molecule has 24 heavy (non-hydrogen) atoms. The largest absolute Gasteiger partial charge is 0.469 e. The molecule has 1 aromatic rings. The molecule has 0 N–H and O–H groups in total. The fourth-order valence-corrected chi connectivity index (χ4v) is 2.45. The highest BCUT2D eigenvalue weighted by Gasteiger charge is 2.51. The van der Waals surface area contributed by atoms with E-state index in [1.807, 2.05) is 6.07 Å². The third-order valence-electron chi connectivity index (χ3n) is 3.75. The molecule has 0 aromatic heterocycles. The number of carbonyl (C=O) groups excluding carboxylic acids is 2. The summed E-state index contributed by atoms with van der Waals surface area (Å²) in [6.45, 7) is -1.63. The quantitative estimate of drug-likeness (QED) is 0.771. The number of hydrogen-bond donors (Lipinski definition) is 0. The highest BCUT2D eigenvalue weighted by atomic mass is 19.4. The SMILES string of the molecule is COC(=O)[C@H]1C[C@H]1C(=O)N(Cc1ccc(C#N)cc1)CC(F)(F)F. The predicted molar refractivity (Wildman–Crippen MR) is 76.2 cm³/mol. The Balaban J connectivity index is 2.11. The number of rotatable bonds is 5. The molecule has 128 valence electrons. The Morgan fingerprint density at radius 1 is 1.29 bits per heavy atom. The first-order valence-electron chi connectivity index (χ1n) is 7.17. The monoisotopic (exact) mass is 340 g/mol. The first-order valence-corrected chi connectivity index (χ1v) is 7.17. The molecule has 1 fully saturated rings. The van der Waals surface area contributed by atoms with Gasteiger partial charge >= 0.3 is 12.1 Å². The molecule has 1 saturated carbocycles. The van der Waals surface area contributed by atoms with Crippen molar-refractivity contribution in [3.05, 3.63) is 35.4 Å². The lowest BCUT2D eigenvalue weighted by atomic mass is 10.1. The smallest absolute Gasteiger partial charge is 0.406 e. The van der Waals surface area contributed by atoms with E-state index in [0.717, 1.165) is 0 Å². The first kappa shape index (κ1) is 17.8. The molecule has 0 unspecified atom stereocenters. The summed E-state index contributed by atoms with van der Waals surface area (Å²) >= 11 is 0. The summed E-state index contributed by atoms with van der Waals surface area (Å²) in [4.78, 5) is 24.4. The van der Waals surface area contributed by atoms with E-state index in [1.165, 1.54) is 31.4 Å². The van der Waals surface area contributed by atoms with Crippen LogP contribution in [0.2, 0.25) is 0 Å². The second kappa shape index (κ2) is 6.91. The van der Waals surface area contributed by atoms with E-state index in [-0.39, 0.29) is 13.0 Å². The van der Waals surface area contributed by atoms with E-state index in [9.17, 15) is 22.8 Å². The number of hydrogen-bond acceptors (Lipinski definition) is 4. The van der Waals surface area contributed by atoms with Crippen LogP contribution in [0.5, 0.6) is 0 Å². The Bertz CT molecular complexity index is 665. The zero-order valence-electron chi connectivity index (χ0n) is 12.8. The number of ether oxygens (including phenoxy) is 1. The van der Waals surface area contributed by atoms with Gasteiger partial charge in [-0.25, -0.2) is 0 Å². The van der Waals surface area contributed by atoms with Crippen LogP contribution in [0.1, 0.15) is 17.5 Å². The van der Waals surface area contributed by atoms with Gasteiger partial charge in [0.25, 0.3) is 0 Å². The predicted octanol–water partition coefficient (Wildman–Crippen LogP) is 2.26. The van der Waals surface area contributed by atoms with E-state index < -0.39 is 36.4 Å². The highest BCUT2D eigenvalue weighted by Crippen LogP contribution is 2.41. The van der Waals surface area contributed by atoms with Crippen LogP contribution < -0.4 is 0 Å². The van der Waals surface area contributed by atoms with Crippen molar-refractivity contribution >= 4 is 11.9 Å². The van der Waals surface area contributed by atoms with Gasteiger partial charge in [0.15, 0.2) is 0 Å². The third-order valence-corrected chi connectivity index (χ3v) is 3.75. The van der Waals surface area contributed by atoms with Gasteiger partial charge in [0, 0.05) is 6.54 Å². The van der Waals surface area contributed by atoms with Crippen LogP contribution in [-0.4, -0.2) is 36.6 Å². The molecule has 0 heterocycles. The molecule has 0 spiro atoms.